The van der Waals surface area contributed by atoms with E-state index >= 15 is 0 Å². The monoisotopic (exact) mass is 235 g/mol. The van der Waals surface area contributed by atoms with Crippen LogP contribution in [-0.2, 0) is 4.79 Å². The van der Waals surface area contributed by atoms with Crippen LogP contribution in [0, 0.1) is 6.92 Å². The Morgan fingerprint density at radius 3 is 3.12 bits per heavy atom. The van der Waals surface area contributed by atoms with Crippen LogP contribution in [0.25, 0.3) is 5.65 Å². The zero-order valence-corrected chi connectivity index (χ0v) is 9.29. The Morgan fingerprint density at radius 2 is 2.47 bits per heavy atom. The molecule has 0 saturated carbocycles. The first kappa shape index (κ1) is 11.3. The van der Waals surface area contributed by atoms with Gasteiger partial charge in [-0.05, 0) is 18.6 Å². The van der Waals surface area contributed by atoms with E-state index in [0.29, 0.717) is 5.95 Å². The number of hydrogen-bond donors (Lipinski definition) is 3. The van der Waals surface area contributed by atoms with Crippen molar-refractivity contribution in [3.05, 3.63) is 23.9 Å². The van der Waals surface area contributed by atoms with Gasteiger partial charge < -0.3 is 16.2 Å². The quantitative estimate of drug-likeness (QED) is 0.649. The molecule has 2 aromatic heterocycles. The van der Waals surface area contributed by atoms with Crippen LogP contribution in [0.3, 0.4) is 0 Å². The fraction of sp³-hybridized carbons (Fsp3) is 0.300. The van der Waals surface area contributed by atoms with Crippen molar-refractivity contribution >= 4 is 17.5 Å². The number of rotatable bonds is 4. The number of aliphatic hydroxyl groups excluding tert-OH is 1. The topological polar surface area (TPSA) is 106 Å². The van der Waals surface area contributed by atoms with Crippen molar-refractivity contribution in [3.8, 4) is 0 Å². The Bertz CT molecular complexity index is 551. The van der Waals surface area contributed by atoms with E-state index in [9.17, 15) is 9.90 Å². The zero-order valence-electron chi connectivity index (χ0n) is 9.29. The molecule has 90 valence electrons. The summed E-state index contributed by atoms with van der Waals surface area (Å²) in [6, 6.07) is 3.78. The van der Waals surface area contributed by atoms with Crippen LogP contribution < -0.4 is 11.1 Å². The predicted octanol–water partition coefficient (Wildman–Crippen LogP) is -0.704. The average molecular weight is 235 g/mol. The third-order valence-corrected chi connectivity index (χ3v) is 2.34. The highest BCUT2D eigenvalue weighted by Crippen LogP contribution is 2.09. The maximum absolute atomic E-state index is 10.6. The maximum atomic E-state index is 10.6. The summed E-state index contributed by atoms with van der Waals surface area (Å²) < 4.78 is 1.62. The molecule has 1 unspecified atom stereocenters. The highest BCUT2D eigenvalue weighted by atomic mass is 16.3. The van der Waals surface area contributed by atoms with Crippen LogP contribution in [0.2, 0.25) is 0 Å². The number of aliphatic hydroxyl groups is 1. The predicted molar refractivity (Wildman–Crippen MR) is 61.4 cm³/mol. The molecule has 0 aliphatic heterocycles. The first-order chi connectivity index (χ1) is 8.08. The standard InChI is InChI=1S/C10H13N5O2/c1-6-3-2-4-15-9(6)13-10(14-15)12-5-7(16)8(11)17/h2-4,7,16H,5H2,1H3,(H2,11,17)(H,12,14). The number of hydrogen-bond acceptors (Lipinski definition) is 5. The summed E-state index contributed by atoms with van der Waals surface area (Å²) in [7, 11) is 0. The Morgan fingerprint density at radius 1 is 1.71 bits per heavy atom. The van der Waals surface area contributed by atoms with E-state index in [4.69, 9.17) is 5.73 Å². The van der Waals surface area contributed by atoms with Gasteiger partial charge in [0.2, 0.25) is 11.9 Å². The van der Waals surface area contributed by atoms with Crippen LogP contribution in [0.15, 0.2) is 18.3 Å². The zero-order chi connectivity index (χ0) is 12.4. The Balaban J connectivity index is 2.15. The number of carbonyl (C=O) groups is 1. The van der Waals surface area contributed by atoms with Gasteiger partial charge in [-0.15, -0.1) is 5.10 Å². The molecule has 7 nitrogen and oxygen atoms in total. The molecule has 4 N–H and O–H groups in total. The van der Waals surface area contributed by atoms with Gasteiger partial charge in [0.05, 0.1) is 6.54 Å². The van der Waals surface area contributed by atoms with E-state index in [2.05, 4.69) is 15.4 Å². The number of pyridine rings is 1. The first-order valence-corrected chi connectivity index (χ1v) is 5.11. The van der Waals surface area contributed by atoms with Crippen molar-refractivity contribution in [1.29, 1.82) is 0 Å². The Hall–Kier alpha value is -2.15. The summed E-state index contributed by atoms with van der Waals surface area (Å²) in [5.74, 6) is -0.433. The van der Waals surface area contributed by atoms with Crippen LogP contribution in [0.4, 0.5) is 5.95 Å². The lowest BCUT2D eigenvalue weighted by Gasteiger charge is -2.05. The minimum absolute atomic E-state index is 0.00867. The lowest BCUT2D eigenvalue weighted by Crippen LogP contribution is -2.34. The number of aromatic nitrogens is 3. The number of carbonyl (C=O) groups excluding carboxylic acids is 1. The second kappa shape index (κ2) is 4.38. The number of primary amides is 1. The molecule has 2 heterocycles. The SMILES string of the molecule is Cc1cccn2nc(NCC(O)C(N)=O)nc12. The number of nitrogens with one attached hydrogen (secondary N) is 1. The normalized spacial score (nSPS) is 12.6. The molecule has 0 spiro atoms. The van der Waals surface area contributed by atoms with E-state index in [0.717, 1.165) is 11.2 Å². The van der Waals surface area contributed by atoms with Crippen molar-refractivity contribution in [2.45, 2.75) is 13.0 Å². The molecule has 0 aromatic carbocycles. The van der Waals surface area contributed by atoms with Gasteiger partial charge in [-0.2, -0.15) is 4.98 Å². The highest BCUT2D eigenvalue weighted by Gasteiger charge is 2.12. The Labute approximate surface area is 97.3 Å². The van der Waals surface area contributed by atoms with Gasteiger partial charge in [0.1, 0.15) is 6.10 Å². The van der Waals surface area contributed by atoms with Crippen molar-refractivity contribution in [2.24, 2.45) is 5.73 Å². The molecule has 2 rings (SSSR count). The van der Waals surface area contributed by atoms with Crippen LogP contribution in [-0.4, -0.2) is 38.3 Å². The molecule has 1 atom stereocenters. The third kappa shape index (κ3) is 2.34. The molecular weight excluding hydrogens is 222 g/mol. The van der Waals surface area contributed by atoms with Crippen LogP contribution in [0.5, 0.6) is 0 Å². The highest BCUT2D eigenvalue weighted by molar-refractivity contribution is 5.79. The number of amides is 1. The van der Waals surface area contributed by atoms with Gasteiger partial charge in [-0.3, -0.25) is 4.79 Å². The maximum Gasteiger partial charge on any atom is 0.248 e. The van der Waals surface area contributed by atoms with Crippen LogP contribution in [0.1, 0.15) is 5.56 Å². The number of fused-ring (bicyclic) bond motifs is 1. The molecule has 2 aromatic rings. The largest absolute Gasteiger partial charge is 0.381 e. The number of nitrogens with zero attached hydrogens (tertiary/aromatic N) is 3. The molecular formula is C10H13N5O2. The average Bonchev–Trinajstić information content (AvgIpc) is 2.70. The molecule has 0 radical (unpaired) electrons. The number of aryl methyl sites for hydroxylation is 1. The van der Waals surface area contributed by atoms with E-state index in [1.165, 1.54) is 0 Å². The first-order valence-electron chi connectivity index (χ1n) is 5.11. The summed E-state index contributed by atoms with van der Waals surface area (Å²) >= 11 is 0. The molecule has 0 aliphatic rings. The van der Waals surface area contributed by atoms with Crippen molar-refractivity contribution < 1.29 is 9.90 Å². The summed E-state index contributed by atoms with van der Waals surface area (Å²) in [6.07, 6.45) is 0.521. The number of anilines is 1. The van der Waals surface area contributed by atoms with E-state index in [1.807, 2.05) is 19.1 Å². The second-order valence-electron chi connectivity index (χ2n) is 3.69. The lowest BCUT2D eigenvalue weighted by atomic mass is 10.3. The molecule has 0 aliphatic carbocycles. The third-order valence-electron chi connectivity index (χ3n) is 2.34. The fourth-order valence-corrected chi connectivity index (χ4v) is 1.40. The summed E-state index contributed by atoms with van der Waals surface area (Å²) in [4.78, 5) is 14.9. The fourth-order valence-electron chi connectivity index (χ4n) is 1.40. The van der Waals surface area contributed by atoms with Gasteiger partial charge in [0.15, 0.2) is 5.65 Å². The van der Waals surface area contributed by atoms with Gasteiger partial charge in [0.25, 0.3) is 0 Å². The lowest BCUT2D eigenvalue weighted by molar-refractivity contribution is -0.125. The van der Waals surface area contributed by atoms with Gasteiger partial charge in [-0.1, -0.05) is 6.07 Å². The van der Waals surface area contributed by atoms with Gasteiger partial charge in [-0.25, -0.2) is 4.52 Å². The molecule has 7 heteroatoms. The molecule has 1 amide bonds. The summed E-state index contributed by atoms with van der Waals surface area (Å²) in [5, 5.41) is 16.1. The van der Waals surface area contributed by atoms with Gasteiger partial charge >= 0.3 is 0 Å². The molecule has 0 saturated heterocycles. The summed E-state index contributed by atoms with van der Waals surface area (Å²) in [6.45, 7) is 1.91. The second-order valence-corrected chi connectivity index (χ2v) is 3.69. The number of nitrogens with two attached hydrogens (primary N) is 1. The van der Waals surface area contributed by atoms with Crippen molar-refractivity contribution in [2.75, 3.05) is 11.9 Å². The smallest absolute Gasteiger partial charge is 0.248 e. The van der Waals surface area contributed by atoms with Crippen molar-refractivity contribution in [3.63, 3.8) is 0 Å². The van der Waals surface area contributed by atoms with Crippen molar-refractivity contribution in [1.82, 2.24) is 14.6 Å². The van der Waals surface area contributed by atoms with E-state index < -0.39 is 12.0 Å². The minimum atomic E-state index is -1.25. The minimum Gasteiger partial charge on any atom is -0.381 e. The van der Waals surface area contributed by atoms with E-state index in [-0.39, 0.29) is 6.54 Å². The Kier molecular flexibility index (Phi) is 2.92. The van der Waals surface area contributed by atoms with E-state index in [1.54, 1.807) is 10.7 Å². The van der Waals surface area contributed by atoms with Gasteiger partial charge in [0, 0.05) is 6.20 Å². The van der Waals surface area contributed by atoms with Crippen LogP contribution >= 0.6 is 0 Å². The molecule has 17 heavy (non-hydrogen) atoms. The summed E-state index contributed by atoms with van der Waals surface area (Å²) in [5.41, 5.74) is 6.64. The molecule has 0 bridgehead atoms. The molecule has 0 fully saturated rings.